The Labute approximate surface area is 90.7 Å². The first-order chi connectivity index (χ1) is 7.59. The third kappa shape index (κ3) is 1.58. The van der Waals surface area contributed by atoms with Crippen molar-refractivity contribution in [3.8, 4) is 11.4 Å². The van der Waals surface area contributed by atoms with Crippen LogP contribution in [0.25, 0.3) is 11.4 Å². The maximum absolute atomic E-state index is 10.8. The number of nitro groups is 1. The van der Waals surface area contributed by atoms with E-state index in [4.69, 9.17) is 5.73 Å². The molecule has 16 heavy (non-hydrogen) atoms. The van der Waals surface area contributed by atoms with Crippen molar-refractivity contribution in [1.82, 2.24) is 14.8 Å². The zero-order valence-electron chi connectivity index (χ0n) is 8.49. The molecule has 0 spiro atoms. The van der Waals surface area contributed by atoms with E-state index in [0.717, 1.165) is 0 Å². The van der Waals surface area contributed by atoms with Crippen molar-refractivity contribution in [2.45, 2.75) is 0 Å². The average molecular weight is 219 g/mol. The molecule has 7 heteroatoms. The van der Waals surface area contributed by atoms with Gasteiger partial charge in [-0.05, 0) is 12.1 Å². The minimum Gasteiger partial charge on any atom is -0.384 e. The van der Waals surface area contributed by atoms with E-state index in [1.807, 2.05) is 0 Å². The number of rotatable bonds is 2. The van der Waals surface area contributed by atoms with Gasteiger partial charge < -0.3 is 5.73 Å². The van der Waals surface area contributed by atoms with Crippen LogP contribution in [-0.4, -0.2) is 19.7 Å². The molecule has 2 aromatic rings. The van der Waals surface area contributed by atoms with Crippen LogP contribution in [-0.2, 0) is 7.05 Å². The number of anilines is 1. The summed E-state index contributed by atoms with van der Waals surface area (Å²) < 4.78 is 1.51. The van der Waals surface area contributed by atoms with Crippen molar-refractivity contribution >= 4 is 11.5 Å². The number of pyridine rings is 1. The van der Waals surface area contributed by atoms with Crippen molar-refractivity contribution in [3.05, 3.63) is 34.5 Å². The highest BCUT2D eigenvalue weighted by molar-refractivity contribution is 5.68. The number of aromatic nitrogens is 3. The molecule has 0 amide bonds. The molecule has 0 radical (unpaired) electrons. The summed E-state index contributed by atoms with van der Waals surface area (Å²) in [6.07, 6.45) is 1.55. The molecule has 0 aromatic carbocycles. The van der Waals surface area contributed by atoms with Crippen molar-refractivity contribution in [1.29, 1.82) is 0 Å². The largest absolute Gasteiger partial charge is 0.384 e. The molecular formula is C9H9N5O2. The second-order valence-corrected chi connectivity index (χ2v) is 3.20. The summed E-state index contributed by atoms with van der Waals surface area (Å²) in [7, 11) is 1.68. The monoisotopic (exact) mass is 219 g/mol. The summed E-state index contributed by atoms with van der Waals surface area (Å²) in [6.45, 7) is 0. The second kappa shape index (κ2) is 3.61. The standard InChI is InChI=1S/C9H9N5O2/c1-13-6(4-5-11-13)9-7(14(15)16)2-3-8(10)12-9/h2-5H,1H3,(H2,10,12). The topological polar surface area (TPSA) is 99.9 Å². The first-order valence-electron chi connectivity index (χ1n) is 4.49. The van der Waals surface area contributed by atoms with Crippen LogP contribution < -0.4 is 5.73 Å². The summed E-state index contributed by atoms with van der Waals surface area (Å²) in [5, 5.41) is 14.8. The molecule has 0 unspecified atom stereocenters. The number of nitrogens with two attached hydrogens (primary N) is 1. The van der Waals surface area contributed by atoms with E-state index < -0.39 is 4.92 Å². The summed E-state index contributed by atoms with van der Waals surface area (Å²) in [5.41, 5.74) is 6.22. The van der Waals surface area contributed by atoms with Crippen LogP contribution in [0.1, 0.15) is 0 Å². The average Bonchev–Trinajstić information content (AvgIpc) is 2.63. The van der Waals surface area contributed by atoms with Gasteiger partial charge >= 0.3 is 0 Å². The van der Waals surface area contributed by atoms with Gasteiger partial charge in [0.25, 0.3) is 5.69 Å². The van der Waals surface area contributed by atoms with E-state index in [-0.39, 0.29) is 17.2 Å². The minimum atomic E-state index is -0.491. The Balaban J connectivity index is 2.67. The molecule has 0 atom stereocenters. The Kier molecular flexibility index (Phi) is 2.28. The Hall–Kier alpha value is -2.44. The van der Waals surface area contributed by atoms with E-state index >= 15 is 0 Å². The summed E-state index contributed by atoms with van der Waals surface area (Å²) in [6, 6.07) is 4.39. The fraction of sp³-hybridized carbons (Fsp3) is 0.111. The van der Waals surface area contributed by atoms with E-state index in [9.17, 15) is 10.1 Å². The normalized spacial score (nSPS) is 10.3. The van der Waals surface area contributed by atoms with Crippen molar-refractivity contribution in [3.63, 3.8) is 0 Å². The van der Waals surface area contributed by atoms with E-state index in [2.05, 4.69) is 10.1 Å². The maximum atomic E-state index is 10.8. The predicted octanol–water partition coefficient (Wildman–Crippen LogP) is 0.972. The lowest BCUT2D eigenvalue weighted by atomic mass is 10.2. The molecule has 7 nitrogen and oxygen atoms in total. The van der Waals surface area contributed by atoms with Gasteiger partial charge in [-0.2, -0.15) is 5.10 Å². The highest BCUT2D eigenvalue weighted by Gasteiger charge is 2.19. The second-order valence-electron chi connectivity index (χ2n) is 3.20. The van der Waals surface area contributed by atoms with Gasteiger partial charge in [0, 0.05) is 19.3 Å². The van der Waals surface area contributed by atoms with Crippen LogP contribution in [0.4, 0.5) is 11.5 Å². The van der Waals surface area contributed by atoms with Crippen LogP contribution in [0.5, 0.6) is 0 Å². The van der Waals surface area contributed by atoms with Crippen LogP contribution >= 0.6 is 0 Å². The number of nitrogen functional groups attached to an aromatic ring is 1. The summed E-state index contributed by atoms with van der Waals surface area (Å²) in [5.74, 6) is 0.238. The lowest BCUT2D eigenvalue weighted by Crippen LogP contribution is -2.01. The molecule has 0 aliphatic rings. The van der Waals surface area contributed by atoms with E-state index in [1.165, 1.54) is 16.8 Å². The molecule has 0 aliphatic heterocycles. The molecule has 0 aliphatic carbocycles. The molecule has 82 valence electrons. The van der Waals surface area contributed by atoms with Crippen LogP contribution in [0.3, 0.4) is 0 Å². The predicted molar refractivity (Wildman–Crippen MR) is 57.5 cm³/mol. The molecule has 0 saturated heterocycles. The first kappa shape index (κ1) is 10.1. The Morgan fingerprint density at radius 3 is 2.75 bits per heavy atom. The van der Waals surface area contributed by atoms with Gasteiger partial charge in [0.15, 0.2) is 5.69 Å². The lowest BCUT2D eigenvalue weighted by Gasteiger charge is -2.03. The van der Waals surface area contributed by atoms with Crippen molar-refractivity contribution < 1.29 is 4.92 Å². The number of hydrogen-bond donors (Lipinski definition) is 1. The maximum Gasteiger partial charge on any atom is 0.297 e. The fourth-order valence-electron chi connectivity index (χ4n) is 1.41. The molecule has 2 aromatic heterocycles. The highest BCUT2D eigenvalue weighted by atomic mass is 16.6. The Morgan fingerprint density at radius 2 is 2.19 bits per heavy atom. The molecular weight excluding hydrogens is 210 g/mol. The van der Waals surface area contributed by atoms with Crippen molar-refractivity contribution in [2.75, 3.05) is 5.73 Å². The zero-order valence-corrected chi connectivity index (χ0v) is 8.49. The first-order valence-corrected chi connectivity index (χ1v) is 4.49. The molecule has 2 rings (SSSR count). The minimum absolute atomic E-state index is 0.0854. The van der Waals surface area contributed by atoms with Gasteiger partial charge in [-0.25, -0.2) is 4.98 Å². The molecule has 2 heterocycles. The summed E-state index contributed by atoms with van der Waals surface area (Å²) in [4.78, 5) is 14.3. The van der Waals surface area contributed by atoms with Crippen LogP contribution in [0, 0.1) is 10.1 Å². The van der Waals surface area contributed by atoms with Crippen LogP contribution in [0.2, 0.25) is 0 Å². The van der Waals surface area contributed by atoms with Crippen LogP contribution in [0.15, 0.2) is 24.4 Å². The SMILES string of the molecule is Cn1nccc1-c1nc(N)ccc1[N+](=O)[O-]. The highest BCUT2D eigenvalue weighted by Crippen LogP contribution is 2.27. The number of aryl methyl sites for hydroxylation is 1. The molecule has 0 bridgehead atoms. The third-order valence-corrected chi connectivity index (χ3v) is 2.16. The van der Waals surface area contributed by atoms with Gasteiger partial charge in [-0.1, -0.05) is 0 Å². The third-order valence-electron chi connectivity index (χ3n) is 2.16. The zero-order chi connectivity index (χ0) is 11.7. The molecule has 0 fully saturated rings. The number of nitrogens with zero attached hydrogens (tertiary/aromatic N) is 4. The van der Waals surface area contributed by atoms with E-state index in [1.54, 1.807) is 19.3 Å². The van der Waals surface area contributed by atoms with Gasteiger partial charge in [-0.15, -0.1) is 0 Å². The van der Waals surface area contributed by atoms with Crippen molar-refractivity contribution in [2.24, 2.45) is 7.05 Å². The van der Waals surface area contributed by atoms with E-state index in [0.29, 0.717) is 5.69 Å². The molecule has 0 saturated carbocycles. The lowest BCUT2D eigenvalue weighted by molar-refractivity contribution is -0.384. The Bertz CT molecular complexity index is 549. The van der Waals surface area contributed by atoms with Gasteiger partial charge in [0.2, 0.25) is 0 Å². The van der Waals surface area contributed by atoms with Gasteiger partial charge in [0.1, 0.15) is 5.82 Å². The number of hydrogen-bond acceptors (Lipinski definition) is 5. The molecule has 2 N–H and O–H groups in total. The van der Waals surface area contributed by atoms with Gasteiger partial charge in [-0.3, -0.25) is 14.8 Å². The Morgan fingerprint density at radius 1 is 1.44 bits per heavy atom. The van der Waals surface area contributed by atoms with Gasteiger partial charge in [0.05, 0.1) is 10.6 Å². The summed E-state index contributed by atoms with van der Waals surface area (Å²) >= 11 is 0. The smallest absolute Gasteiger partial charge is 0.297 e. The quantitative estimate of drug-likeness (QED) is 0.599. The fourth-order valence-corrected chi connectivity index (χ4v) is 1.41.